The molecule has 1 radical (unpaired) electrons. The maximum absolute atomic E-state index is 3.99. The number of aromatic nitrogens is 2. The van der Waals surface area contributed by atoms with Gasteiger partial charge in [-0.3, -0.25) is 4.98 Å². The van der Waals surface area contributed by atoms with Crippen molar-refractivity contribution in [3.8, 4) is 0 Å². The van der Waals surface area contributed by atoms with Crippen LogP contribution < -0.4 is 0 Å². The third kappa shape index (κ3) is 0.855. The number of rotatable bonds is 0. The Kier molecular flexibility index (Phi) is 1.19. The second kappa shape index (κ2) is 2.33. The van der Waals surface area contributed by atoms with Gasteiger partial charge in [0, 0.05) is 22.5 Å². The van der Waals surface area contributed by atoms with E-state index in [-0.39, 0.29) is 0 Å². The van der Waals surface area contributed by atoms with E-state index in [0.29, 0.717) is 0 Å². The number of benzene rings is 1. The number of aromatic amines is 1. The predicted octanol–water partition coefficient (Wildman–Crippen LogP) is 2.52. The highest BCUT2D eigenvalue weighted by molar-refractivity contribution is 6.06. The third-order valence-electron chi connectivity index (χ3n) is 2.23. The Hall–Kier alpha value is -1.83. The highest BCUT2D eigenvalue weighted by Gasteiger charge is 2.01. The van der Waals surface area contributed by atoms with E-state index in [2.05, 4.69) is 28.3 Å². The van der Waals surface area contributed by atoms with Gasteiger partial charge in [-0.05, 0) is 12.1 Å². The van der Waals surface area contributed by atoms with Crippen LogP contribution >= 0.6 is 0 Å². The normalized spacial score (nSPS) is 11.1. The average Bonchev–Trinajstić information content (AvgIpc) is 2.56. The molecule has 3 rings (SSSR count). The van der Waals surface area contributed by atoms with Gasteiger partial charge in [-0.2, -0.15) is 0 Å². The molecule has 0 amide bonds. The third-order valence-corrected chi connectivity index (χ3v) is 2.23. The lowest BCUT2D eigenvalue weighted by molar-refractivity contribution is 1.34. The largest absolute Gasteiger partial charge is 0.354 e. The Morgan fingerprint density at radius 3 is 3.00 bits per heavy atom. The first-order chi connectivity index (χ1) is 6.45. The minimum absolute atomic E-state index is 1.07. The van der Waals surface area contributed by atoms with Crippen LogP contribution in [0.15, 0.2) is 36.5 Å². The molecule has 0 spiro atoms. The smallest absolute Gasteiger partial charge is 0.0993 e. The first-order valence-corrected chi connectivity index (χ1v) is 4.18. The molecule has 2 aromatic heterocycles. The van der Waals surface area contributed by atoms with Crippen molar-refractivity contribution in [1.29, 1.82) is 0 Å². The van der Waals surface area contributed by atoms with E-state index in [4.69, 9.17) is 0 Å². The number of hydrogen-bond acceptors (Lipinski definition) is 1. The summed E-state index contributed by atoms with van der Waals surface area (Å²) < 4.78 is 0. The number of fused-ring (bicyclic) bond motifs is 3. The minimum atomic E-state index is 1.07. The van der Waals surface area contributed by atoms with Crippen molar-refractivity contribution < 1.29 is 0 Å². The molecule has 0 atom stereocenters. The van der Waals surface area contributed by atoms with Gasteiger partial charge >= 0.3 is 0 Å². The fourth-order valence-corrected chi connectivity index (χ4v) is 1.62. The van der Waals surface area contributed by atoms with Crippen LogP contribution in [-0.2, 0) is 0 Å². The Bertz CT molecular complexity index is 516. The zero-order valence-electron chi connectivity index (χ0n) is 6.91. The Morgan fingerprint density at radius 1 is 1.08 bits per heavy atom. The van der Waals surface area contributed by atoms with Crippen LogP contribution in [0, 0.1) is 6.20 Å². The summed E-state index contributed by atoms with van der Waals surface area (Å²) in [5.41, 5.74) is 2.23. The fourth-order valence-electron chi connectivity index (χ4n) is 1.62. The lowest BCUT2D eigenvalue weighted by Gasteiger charge is -1.86. The summed E-state index contributed by atoms with van der Waals surface area (Å²) in [6, 6.07) is 10.1. The zero-order valence-corrected chi connectivity index (χ0v) is 6.91. The molecule has 0 saturated heterocycles. The second-order valence-corrected chi connectivity index (χ2v) is 3.02. The van der Waals surface area contributed by atoms with E-state index in [1.54, 1.807) is 6.20 Å². The zero-order chi connectivity index (χ0) is 8.67. The van der Waals surface area contributed by atoms with Crippen molar-refractivity contribution in [1.82, 2.24) is 9.97 Å². The van der Waals surface area contributed by atoms with Crippen molar-refractivity contribution in [3.63, 3.8) is 0 Å². The lowest BCUT2D eigenvalue weighted by atomic mass is 10.2. The molecule has 0 aliphatic heterocycles. The van der Waals surface area contributed by atoms with Crippen LogP contribution in [0.4, 0.5) is 0 Å². The van der Waals surface area contributed by atoms with Crippen molar-refractivity contribution in [2.24, 2.45) is 0 Å². The number of para-hydroxylation sites is 1. The topological polar surface area (TPSA) is 28.7 Å². The highest BCUT2D eigenvalue weighted by atomic mass is 14.7. The molecule has 1 aromatic carbocycles. The molecule has 13 heavy (non-hydrogen) atoms. The standard InChI is InChI=1S/C11H7N2/c1-2-4-10-8(3-1)9-7-12-6-5-11(9)13-10/h1-6,13H. The molecular formula is C11H7N2. The van der Waals surface area contributed by atoms with Crippen LogP contribution in [0.25, 0.3) is 21.8 Å². The van der Waals surface area contributed by atoms with E-state index in [0.717, 1.165) is 16.4 Å². The second-order valence-electron chi connectivity index (χ2n) is 3.02. The Labute approximate surface area is 75.2 Å². The number of nitrogens with zero attached hydrogens (tertiary/aromatic N) is 1. The van der Waals surface area contributed by atoms with Crippen molar-refractivity contribution in [3.05, 3.63) is 42.7 Å². The molecule has 0 aliphatic carbocycles. The summed E-state index contributed by atoms with van der Waals surface area (Å²) in [5.74, 6) is 0. The van der Waals surface area contributed by atoms with Crippen LogP contribution in [0.1, 0.15) is 0 Å². The van der Waals surface area contributed by atoms with Crippen LogP contribution in [-0.4, -0.2) is 9.97 Å². The molecule has 0 fully saturated rings. The van der Waals surface area contributed by atoms with E-state index in [9.17, 15) is 0 Å². The quantitative estimate of drug-likeness (QED) is 0.547. The van der Waals surface area contributed by atoms with Crippen LogP contribution in [0.2, 0.25) is 0 Å². The number of pyridine rings is 1. The molecule has 2 heterocycles. The molecule has 2 nitrogen and oxygen atoms in total. The van der Waals surface area contributed by atoms with Gasteiger partial charge in [0.25, 0.3) is 0 Å². The first-order valence-electron chi connectivity index (χ1n) is 4.18. The maximum Gasteiger partial charge on any atom is 0.0993 e. The first kappa shape index (κ1) is 6.66. The van der Waals surface area contributed by atoms with Gasteiger partial charge in [0.05, 0.1) is 11.7 Å². The summed E-state index contributed by atoms with van der Waals surface area (Å²) in [4.78, 5) is 7.30. The lowest BCUT2D eigenvalue weighted by Crippen LogP contribution is -1.69. The van der Waals surface area contributed by atoms with Gasteiger partial charge < -0.3 is 4.98 Å². The summed E-state index contributed by atoms with van der Waals surface area (Å²) in [6.07, 6.45) is 4.74. The maximum atomic E-state index is 3.99. The molecule has 0 bridgehead atoms. The summed E-state index contributed by atoms with van der Waals surface area (Å²) in [5, 5.41) is 2.25. The number of nitrogens with one attached hydrogen (secondary N) is 1. The molecule has 1 N–H and O–H groups in total. The SMILES string of the molecule is [c]1nccc2[nH]c3ccccc3c12. The van der Waals surface area contributed by atoms with Crippen molar-refractivity contribution in [2.75, 3.05) is 0 Å². The molecule has 0 saturated carbocycles. The van der Waals surface area contributed by atoms with Gasteiger partial charge in [0.1, 0.15) is 0 Å². The van der Waals surface area contributed by atoms with Gasteiger partial charge in [0.2, 0.25) is 0 Å². The molecule has 0 aliphatic rings. The van der Waals surface area contributed by atoms with Gasteiger partial charge in [-0.25, -0.2) is 0 Å². The number of H-pyrrole nitrogens is 1. The van der Waals surface area contributed by atoms with Crippen LogP contribution in [0.3, 0.4) is 0 Å². The van der Waals surface area contributed by atoms with Crippen molar-refractivity contribution in [2.45, 2.75) is 0 Å². The average molecular weight is 167 g/mol. The molecule has 61 valence electrons. The van der Waals surface area contributed by atoms with E-state index in [1.807, 2.05) is 18.2 Å². The highest BCUT2D eigenvalue weighted by Crippen LogP contribution is 2.22. The molecule has 2 heteroatoms. The number of hydrogen-bond donors (Lipinski definition) is 1. The molecule has 3 aromatic rings. The van der Waals surface area contributed by atoms with Gasteiger partial charge in [-0.15, -0.1) is 0 Å². The van der Waals surface area contributed by atoms with Gasteiger partial charge in [-0.1, -0.05) is 18.2 Å². The summed E-state index contributed by atoms with van der Waals surface area (Å²) >= 11 is 0. The summed E-state index contributed by atoms with van der Waals surface area (Å²) in [7, 11) is 0. The van der Waals surface area contributed by atoms with E-state index >= 15 is 0 Å². The fraction of sp³-hybridized carbons (Fsp3) is 0. The summed E-state index contributed by atoms with van der Waals surface area (Å²) in [6.45, 7) is 0. The predicted molar refractivity (Wildman–Crippen MR) is 52.4 cm³/mol. The minimum Gasteiger partial charge on any atom is -0.354 e. The molecule has 0 unspecified atom stereocenters. The van der Waals surface area contributed by atoms with E-state index < -0.39 is 0 Å². The monoisotopic (exact) mass is 167 g/mol. The van der Waals surface area contributed by atoms with Crippen LogP contribution in [0.5, 0.6) is 0 Å². The van der Waals surface area contributed by atoms with Gasteiger partial charge in [0.15, 0.2) is 0 Å². The molecular weight excluding hydrogens is 160 g/mol. The Balaban J connectivity index is 2.64. The van der Waals surface area contributed by atoms with E-state index in [1.165, 1.54) is 5.39 Å². The van der Waals surface area contributed by atoms with Crippen molar-refractivity contribution >= 4 is 21.8 Å². The Morgan fingerprint density at radius 2 is 2.00 bits per heavy atom.